The van der Waals surface area contributed by atoms with Gasteiger partial charge in [-0.15, -0.1) is 0 Å². The van der Waals surface area contributed by atoms with E-state index in [1.807, 2.05) is 0 Å². The lowest BCUT2D eigenvalue weighted by atomic mass is 9.82. The van der Waals surface area contributed by atoms with Crippen LogP contribution in [0.2, 0.25) is 0 Å². The first-order valence-corrected chi connectivity index (χ1v) is 16.8. The van der Waals surface area contributed by atoms with E-state index in [-0.39, 0.29) is 10.3 Å². The molecule has 6 aromatic carbocycles. The summed E-state index contributed by atoms with van der Waals surface area (Å²) in [4.78, 5) is 0. The molecule has 0 fully saturated rings. The zero-order chi connectivity index (χ0) is 27.9. The molecule has 0 spiro atoms. The molecule has 0 aromatic heterocycles. The molecule has 4 atom stereocenters. The van der Waals surface area contributed by atoms with Gasteiger partial charge in [-0.05, 0) is 67.2 Å². The average molecular weight is 567 g/mol. The number of hydrogen-bond donors (Lipinski definition) is 0. The second-order valence-corrected chi connectivity index (χ2v) is 15.4. The monoisotopic (exact) mass is 566 g/mol. The van der Waals surface area contributed by atoms with E-state index >= 15 is 0 Å². The molecule has 0 bridgehead atoms. The molecule has 0 aliphatic carbocycles. The third kappa shape index (κ3) is 4.73. The molecule has 1 heterocycles. The fraction of sp³-hybridized carbons (Fsp3) is 0.179. The van der Waals surface area contributed by atoms with Gasteiger partial charge in [-0.2, -0.15) is 0 Å². The minimum absolute atomic E-state index is 0.00563. The van der Waals surface area contributed by atoms with Crippen LogP contribution in [0.5, 0.6) is 0 Å². The SMILES string of the molecule is CCCC1(c2ccccc2)CC(C)(c2ccccc2)Pc2ccc3ccccc3c2-c2c(ccc3ccccc23)P1. The van der Waals surface area contributed by atoms with Gasteiger partial charge in [0.15, 0.2) is 0 Å². The van der Waals surface area contributed by atoms with Crippen molar-refractivity contribution in [2.75, 3.05) is 0 Å². The summed E-state index contributed by atoms with van der Waals surface area (Å²) in [6.45, 7) is 4.92. The highest BCUT2D eigenvalue weighted by Gasteiger charge is 2.43. The van der Waals surface area contributed by atoms with Crippen LogP contribution < -0.4 is 10.6 Å². The van der Waals surface area contributed by atoms with Crippen LogP contribution in [0.15, 0.2) is 133 Å². The third-order valence-electron chi connectivity index (χ3n) is 8.96. The van der Waals surface area contributed by atoms with Crippen LogP contribution in [0.1, 0.15) is 44.2 Å². The van der Waals surface area contributed by atoms with Crippen LogP contribution in [0.3, 0.4) is 0 Å². The first-order chi connectivity index (χ1) is 20.1. The van der Waals surface area contributed by atoms with Gasteiger partial charge >= 0.3 is 0 Å². The minimum atomic E-state index is -0.00563. The average Bonchev–Trinajstić information content (AvgIpc) is 3.07. The molecule has 1 aliphatic rings. The summed E-state index contributed by atoms with van der Waals surface area (Å²) >= 11 is 0. The Bertz CT molecular complexity index is 1840. The van der Waals surface area contributed by atoms with Crippen LogP contribution in [0, 0.1) is 0 Å². The van der Waals surface area contributed by atoms with Crippen molar-refractivity contribution in [1.29, 1.82) is 0 Å². The van der Waals surface area contributed by atoms with Crippen molar-refractivity contribution >= 4 is 49.3 Å². The molecule has 4 unspecified atom stereocenters. The zero-order valence-electron chi connectivity index (χ0n) is 23.8. The lowest BCUT2D eigenvalue weighted by Gasteiger charge is -2.43. The molecule has 41 heavy (non-hydrogen) atoms. The molecule has 0 nitrogen and oxygen atoms in total. The van der Waals surface area contributed by atoms with Gasteiger partial charge in [-0.3, -0.25) is 0 Å². The molecule has 0 radical (unpaired) electrons. The van der Waals surface area contributed by atoms with Crippen molar-refractivity contribution in [3.8, 4) is 11.1 Å². The summed E-state index contributed by atoms with van der Waals surface area (Å²) in [6.07, 6.45) is 3.46. The Morgan fingerprint density at radius 3 is 1.59 bits per heavy atom. The van der Waals surface area contributed by atoms with Gasteiger partial charge in [0.25, 0.3) is 0 Å². The van der Waals surface area contributed by atoms with Gasteiger partial charge in [0.05, 0.1) is 0 Å². The van der Waals surface area contributed by atoms with Gasteiger partial charge in [-0.25, -0.2) is 0 Å². The Kier molecular flexibility index (Phi) is 7.03. The number of benzene rings is 6. The van der Waals surface area contributed by atoms with E-state index in [1.165, 1.54) is 60.8 Å². The molecule has 7 rings (SSSR count). The maximum atomic E-state index is 2.55. The van der Waals surface area contributed by atoms with E-state index in [4.69, 9.17) is 0 Å². The highest BCUT2D eigenvalue weighted by molar-refractivity contribution is 7.50. The summed E-state index contributed by atoms with van der Waals surface area (Å²) < 4.78 is 0. The van der Waals surface area contributed by atoms with Gasteiger partial charge in [0, 0.05) is 10.3 Å². The summed E-state index contributed by atoms with van der Waals surface area (Å²) in [5.41, 5.74) is 5.84. The highest BCUT2D eigenvalue weighted by atomic mass is 31.1. The van der Waals surface area contributed by atoms with E-state index in [2.05, 4.69) is 147 Å². The smallest absolute Gasteiger partial charge is 0.0179 e. The molecular weight excluding hydrogens is 530 g/mol. The molecule has 0 saturated carbocycles. The molecule has 1 aliphatic heterocycles. The van der Waals surface area contributed by atoms with Crippen molar-refractivity contribution in [3.63, 3.8) is 0 Å². The second-order valence-electron chi connectivity index (χ2n) is 11.7. The predicted molar refractivity (Wildman–Crippen MR) is 184 cm³/mol. The highest BCUT2D eigenvalue weighted by Crippen LogP contribution is 2.59. The van der Waals surface area contributed by atoms with E-state index in [1.54, 1.807) is 0 Å². The molecule has 0 N–H and O–H groups in total. The van der Waals surface area contributed by atoms with E-state index in [0.29, 0.717) is 17.2 Å². The maximum absolute atomic E-state index is 2.55. The maximum Gasteiger partial charge on any atom is 0.0179 e. The third-order valence-corrected chi connectivity index (χ3v) is 12.5. The van der Waals surface area contributed by atoms with Gasteiger partial charge < -0.3 is 0 Å². The Morgan fingerprint density at radius 2 is 1.02 bits per heavy atom. The van der Waals surface area contributed by atoms with Crippen LogP contribution in [0.25, 0.3) is 32.7 Å². The van der Waals surface area contributed by atoms with Crippen molar-refractivity contribution in [1.82, 2.24) is 0 Å². The van der Waals surface area contributed by atoms with E-state index in [0.717, 1.165) is 12.8 Å². The number of rotatable bonds is 4. The van der Waals surface area contributed by atoms with Gasteiger partial charge in [0.1, 0.15) is 0 Å². The lowest BCUT2D eigenvalue weighted by molar-refractivity contribution is 0.446. The summed E-state index contributed by atoms with van der Waals surface area (Å²) in [5, 5.41) is 8.42. The Morgan fingerprint density at radius 1 is 0.537 bits per heavy atom. The Hall–Kier alpha value is -3.30. The molecule has 0 saturated heterocycles. The molecular formula is C39H36P2. The summed E-state index contributed by atoms with van der Waals surface area (Å²) in [6, 6.07) is 50.5. The molecule has 2 heteroatoms. The van der Waals surface area contributed by atoms with Crippen LogP contribution in [-0.4, -0.2) is 0 Å². The number of fused-ring (bicyclic) bond motifs is 7. The standard InChI is InChI=1S/C39H36P2/c1-3-26-39(31-18-8-5-9-19-31)27-38(2,30-16-6-4-7-17-30)40-34-24-22-28-14-10-12-20-32(28)36(34)37-33-21-13-11-15-29(33)23-25-35(37)41-39/h4-25,40-41H,3,26-27H2,1-2H3. The number of hydrogen-bond acceptors (Lipinski definition) is 0. The van der Waals surface area contributed by atoms with Crippen molar-refractivity contribution in [2.24, 2.45) is 0 Å². The first kappa shape index (κ1) is 26.6. The predicted octanol–water partition coefficient (Wildman–Crippen LogP) is 10.3. The minimum Gasteiger partial charge on any atom is -0.0790 e. The molecule has 0 amide bonds. The van der Waals surface area contributed by atoms with E-state index in [9.17, 15) is 0 Å². The summed E-state index contributed by atoms with van der Waals surface area (Å²) in [7, 11) is 1.31. The lowest BCUT2D eigenvalue weighted by Crippen LogP contribution is -2.32. The zero-order valence-corrected chi connectivity index (χ0v) is 25.8. The topological polar surface area (TPSA) is 0 Å². The quantitative estimate of drug-likeness (QED) is 0.186. The van der Waals surface area contributed by atoms with Gasteiger partial charge in [0.2, 0.25) is 0 Å². The van der Waals surface area contributed by atoms with Crippen LogP contribution >= 0.6 is 17.2 Å². The van der Waals surface area contributed by atoms with Crippen LogP contribution in [-0.2, 0) is 10.3 Å². The van der Waals surface area contributed by atoms with Crippen molar-refractivity contribution in [2.45, 2.75) is 43.4 Å². The van der Waals surface area contributed by atoms with Crippen LogP contribution in [0.4, 0.5) is 0 Å². The largest absolute Gasteiger partial charge is 0.0790 e. The summed E-state index contributed by atoms with van der Waals surface area (Å²) in [5.74, 6) is 0. The second kappa shape index (κ2) is 10.8. The van der Waals surface area contributed by atoms with Crippen molar-refractivity contribution in [3.05, 3.63) is 145 Å². The van der Waals surface area contributed by atoms with Gasteiger partial charge in [-0.1, -0.05) is 171 Å². The Labute approximate surface area is 247 Å². The normalized spacial score (nSPS) is 21.7. The van der Waals surface area contributed by atoms with Crippen molar-refractivity contribution < 1.29 is 0 Å². The van der Waals surface area contributed by atoms with E-state index < -0.39 is 0 Å². The first-order valence-electron chi connectivity index (χ1n) is 14.8. The molecule has 202 valence electrons. The molecule has 6 aromatic rings. The fourth-order valence-corrected chi connectivity index (χ4v) is 11.4. The fourth-order valence-electron chi connectivity index (χ4n) is 7.17. The Balaban J connectivity index is 1.62.